The fourth-order valence-corrected chi connectivity index (χ4v) is 1.78. The lowest BCUT2D eigenvalue weighted by Gasteiger charge is -2.07. The third kappa shape index (κ3) is 4.67. The molecule has 0 spiro atoms. The summed E-state index contributed by atoms with van der Waals surface area (Å²) in [4.78, 5) is 8.40. The van der Waals surface area contributed by atoms with Crippen LogP contribution >= 0.6 is 0 Å². The van der Waals surface area contributed by atoms with E-state index in [1.54, 1.807) is 12.4 Å². The second kappa shape index (κ2) is 6.85. The van der Waals surface area contributed by atoms with E-state index in [4.69, 9.17) is 10.5 Å². The Kier molecular flexibility index (Phi) is 4.86. The normalized spacial score (nSPS) is 12.1. The standard InChI is InChI=1S/C15H19N3O/c1-12(16)9-14-4-5-15(11-18-14)19-8-6-13-3-2-7-17-10-13/h2-5,7,10-12H,6,8-9,16H2,1H3. The summed E-state index contributed by atoms with van der Waals surface area (Å²) in [7, 11) is 0. The zero-order valence-electron chi connectivity index (χ0n) is 11.1. The third-order valence-electron chi connectivity index (χ3n) is 2.71. The van der Waals surface area contributed by atoms with Crippen molar-refractivity contribution in [2.45, 2.75) is 25.8 Å². The maximum Gasteiger partial charge on any atom is 0.137 e. The minimum atomic E-state index is 0.129. The number of aromatic nitrogens is 2. The largest absolute Gasteiger partial charge is 0.492 e. The van der Waals surface area contributed by atoms with Crippen LogP contribution in [0.3, 0.4) is 0 Å². The molecule has 2 heterocycles. The van der Waals surface area contributed by atoms with Crippen LogP contribution in [0.1, 0.15) is 18.2 Å². The highest BCUT2D eigenvalue weighted by Gasteiger charge is 2.00. The van der Waals surface area contributed by atoms with Gasteiger partial charge >= 0.3 is 0 Å². The maximum absolute atomic E-state index is 5.73. The first kappa shape index (κ1) is 13.5. The van der Waals surface area contributed by atoms with Crippen molar-refractivity contribution in [3.63, 3.8) is 0 Å². The van der Waals surface area contributed by atoms with Crippen molar-refractivity contribution in [3.05, 3.63) is 54.1 Å². The Morgan fingerprint density at radius 3 is 2.79 bits per heavy atom. The van der Waals surface area contributed by atoms with Gasteiger partial charge in [-0.25, -0.2) is 0 Å². The van der Waals surface area contributed by atoms with Crippen LogP contribution in [0.25, 0.3) is 0 Å². The first-order valence-corrected chi connectivity index (χ1v) is 6.46. The van der Waals surface area contributed by atoms with Gasteiger partial charge in [0.1, 0.15) is 5.75 Å². The first-order chi connectivity index (χ1) is 9.24. The smallest absolute Gasteiger partial charge is 0.137 e. The highest BCUT2D eigenvalue weighted by molar-refractivity contribution is 5.20. The Labute approximate surface area is 113 Å². The summed E-state index contributed by atoms with van der Waals surface area (Å²) in [5.74, 6) is 0.789. The van der Waals surface area contributed by atoms with Crippen molar-refractivity contribution in [3.8, 4) is 5.75 Å². The zero-order valence-corrected chi connectivity index (χ0v) is 11.1. The molecule has 0 bridgehead atoms. The van der Waals surface area contributed by atoms with Crippen LogP contribution in [-0.4, -0.2) is 22.6 Å². The molecule has 2 aromatic heterocycles. The molecule has 0 fully saturated rings. The summed E-state index contributed by atoms with van der Waals surface area (Å²) in [5.41, 5.74) is 7.90. The van der Waals surface area contributed by atoms with Crippen molar-refractivity contribution in [1.82, 2.24) is 9.97 Å². The Hall–Kier alpha value is -1.94. The number of hydrogen-bond donors (Lipinski definition) is 1. The van der Waals surface area contributed by atoms with Crippen LogP contribution in [0.4, 0.5) is 0 Å². The Balaban J connectivity index is 1.80. The molecular weight excluding hydrogens is 238 g/mol. The van der Waals surface area contributed by atoms with Crippen molar-refractivity contribution < 1.29 is 4.74 Å². The number of rotatable bonds is 6. The minimum absolute atomic E-state index is 0.129. The van der Waals surface area contributed by atoms with Crippen LogP contribution in [0.5, 0.6) is 5.75 Å². The zero-order chi connectivity index (χ0) is 13.5. The molecule has 100 valence electrons. The van der Waals surface area contributed by atoms with Gasteiger partial charge < -0.3 is 10.5 Å². The molecular formula is C15H19N3O. The number of hydrogen-bond acceptors (Lipinski definition) is 4. The molecule has 0 radical (unpaired) electrons. The molecule has 0 aromatic carbocycles. The van der Waals surface area contributed by atoms with Crippen LogP contribution in [-0.2, 0) is 12.8 Å². The van der Waals surface area contributed by atoms with Crippen molar-refractivity contribution in [2.24, 2.45) is 5.73 Å². The summed E-state index contributed by atoms with van der Waals surface area (Å²) >= 11 is 0. The molecule has 0 aliphatic carbocycles. The van der Waals surface area contributed by atoms with Crippen LogP contribution in [0.2, 0.25) is 0 Å². The van der Waals surface area contributed by atoms with Gasteiger partial charge in [0.15, 0.2) is 0 Å². The molecule has 2 aromatic rings. The highest BCUT2D eigenvalue weighted by atomic mass is 16.5. The van der Waals surface area contributed by atoms with E-state index < -0.39 is 0 Å². The molecule has 0 amide bonds. The number of pyridine rings is 2. The number of ether oxygens (including phenoxy) is 1. The van der Waals surface area contributed by atoms with Crippen LogP contribution < -0.4 is 10.5 Å². The second-order valence-corrected chi connectivity index (χ2v) is 4.63. The summed E-state index contributed by atoms with van der Waals surface area (Å²) in [6.45, 7) is 2.60. The van der Waals surface area contributed by atoms with Gasteiger partial charge in [0.05, 0.1) is 12.8 Å². The van der Waals surface area contributed by atoms with Crippen LogP contribution in [0, 0.1) is 0 Å². The molecule has 19 heavy (non-hydrogen) atoms. The summed E-state index contributed by atoms with van der Waals surface area (Å²) in [6, 6.07) is 8.00. The predicted octanol–water partition coefficient (Wildman–Crippen LogP) is 1.99. The van der Waals surface area contributed by atoms with E-state index in [2.05, 4.69) is 9.97 Å². The third-order valence-corrected chi connectivity index (χ3v) is 2.71. The van der Waals surface area contributed by atoms with Crippen molar-refractivity contribution >= 4 is 0 Å². The summed E-state index contributed by atoms with van der Waals surface area (Å²) in [5, 5.41) is 0. The quantitative estimate of drug-likeness (QED) is 0.859. The van der Waals surface area contributed by atoms with Gasteiger partial charge in [0.2, 0.25) is 0 Å². The van der Waals surface area contributed by atoms with E-state index in [1.807, 2.05) is 37.4 Å². The van der Waals surface area contributed by atoms with Crippen LogP contribution in [0.15, 0.2) is 42.9 Å². The topological polar surface area (TPSA) is 61.0 Å². The molecule has 0 saturated heterocycles. The molecule has 0 saturated carbocycles. The Morgan fingerprint density at radius 2 is 2.16 bits per heavy atom. The lowest BCUT2D eigenvalue weighted by molar-refractivity contribution is 0.320. The molecule has 2 rings (SSSR count). The molecule has 0 aliphatic rings. The van der Waals surface area contributed by atoms with E-state index in [0.717, 1.165) is 24.3 Å². The molecule has 1 atom stereocenters. The molecule has 1 unspecified atom stereocenters. The number of nitrogens with two attached hydrogens (primary N) is 1. The van der Waals surface area contributed by atoms with E-state index in [-0.39, 0.29) is 6.04 Å². The van der Waals surface area contributed by atoms with E-state index in [9.17, 15) is 0 Å². The van der Waals surface area contributed by atoms with Crippen molar-refractivity contribution in [1.29, 1.82) is 0 Å². The number of nitrogens with zero attached hydrogens (tertiary/aromatic N) is 2. The van der Waals surface area contributed by atoms with Gasteiger partial charge in [0, 0.05) is 37.0 Å². The average Bonchev–Trinajstić information content (AvgIpc) is 2.41. The highest BCUT2D eigenvalue weighted by Crippen LogP contribution is 2.10. The van der Waals surface area contributed by atoms with Crippen molar-refractivity contribution in [2.75, 3.05) is 6.61 Å². The summed E-state index contributed by atoms with van der Waals surface area (Å²) < 4.78 is 5.65. The molecule has 2 N–H and O–H groups in total. The average molecular weight is 257 g/mol. The monoisotopic (exact) mass is 257 g/mol. The van der Waals surface area contributed by atoms with Gasteiger partial charge in [-0.3, -0.25) is 9.97 Å². The molecule has 4 nitrogen and oxygen atoms in total. The molecule has 4 heteroatoms. The SMILES string of the molecule is CC(N)Cc1ccc(OCCc2cccnc2)cn1. The Bertz CT molecular complexity index is 483. The fourth-order valence-electron chi connectivity index (χ4n) is 1.78. The van der Waals surface area contributed by atoms with Gasteiger partial charge in [-0.2, -0.15) is 0 Å². The van der Waals surface area contributed by atoms with E-state index in [1.165, 1.54) is 5.56 Å². The summed E-state index contributed by atoms with van der Waals surface area (Å²) in [6.07, 6.45) is 7.01. The van der Waals surface area contributed by atoms with E-state index in [0.29, 0.717) is 6.61 Å². The fraction of sp³-hybridized carbons (Fsp3) is 0.333. The lowest BCUT2D eigenvalue weighted by atomic mass is 10.2. The minimum Gasteiger partial charge on any atom is -0.492 e. The Morgan fingerprint density at radius 1 is 1.26 bits per heavy atom. The van der Waals surface area contributed by atoms with Gasteiger partial charge in [-0.15, -0.1) is 0 Å². The predicted molar refractivity (Wildman–Crippen MR) is 75.0 cm³/mol. The van der Waals surface area contributed by atoms with Gasteiger partial charge in [-0.05, 0) is 30.7 Å². The first-order valence-electron chi connectivity index (χ1n) is 6.46. The van der Waals surface area contributed by atoms with Gasteiger partial charge in [-0.1, -0.05) is 6.07 Å². The molecule has 0 aliphatic heterocycles. The second-order valence-electron chi connectivity index (χ2n) is 4.63. The van der Waals surface area contributed by atoms with Gasteiger partial charge in [0.25, 0.3) is 0 Å². The maximum atomic E-state index is 5.73. The van der Waals surface area contributed by atoms with E-state index >= 15 is 0 Å². The lowest BCUT2D eigenvalue weighted by Crippen LogP contribution is -2.18.